The molecule has 0 saturated heterocycles. The first kappa shape index (κ1) is 15.4. The first-order valence-corrected chi connectivity index (χ1v) is 5.71. The maximum Gasteiger partial charge on any atom is 0.346 e. The van der Waals surface area contributed by atoms with Crippen LogP contribution in [0, 0.1) is 44.1 Å². The van der Waals surface area contributed by atoms with E-state index in [1.54, 1.807) is 18.2 Å². The number of esters is 2. The number of benzene rings is 2. The molecule has 1 radical (unpaired) electrons. The van der Waals surface area contributed by atoms with Gasteiger partial charge in [0.15, 0.2) is 0 Å². The molecule has 0 unspecified atom stereocenters. The molecule has 6 heteroatoms. The molecular weight excluding hydrogens is 473 g/mol. The monoisotopic (exact) mass is 483 g/mol. The molecule has 1 aliphatic rings. The molecule has 0 aliphatic carbocycles. The average molecular weight is 483 g/mol. The van der Waals surface area contributed by atoms with Gasteiger partial charge >= 0.3 is 11.9 Å². The van der Waals surface area contributed by atoms with Gasteiger partial charge in [0.25, 0.3) is 0 Å². The number of hydrogen-bond donors (Lipinski definition) is 0. The van der Waals surface area contributed by atoms with Gasteiger partial charge in [0.1, 0.15) is 5.75 Å². The summed E-state index contributed by atoms with van der Waals surface area (Å²) < 4.78 is 9.91. The van der Waals surface area contributed by atoms with Crippen molar-refractivity contribution in [1.29, 1.82) is 0 Å². The van der Waals surface area contributed by atoms with Crippen molar-refractivity contribution in [2.45, 2.75) is 6.54 Å². The quantitative estimate of drug-likeness (QED) is 0.487. The van der Waals surface area contributed by atoms with Crippen LogP contribution < -0.4 is 4.74 Å². The molecule has 0 amide bonds. The van der Waals surface area contributed by atoms with E-state index in [1.165, 1.54) is 13.2 Å². The van der Waals surface area contributed by atoms with Crippen LogP contribution in [0.1, 0.15) is 26.3 Å². The zero-order valence-electron chi connectivity index (χ0n) is 10.7. The Morgan fingerprint density at radius 3 is 2.55 bits per heavy atom. The van der Waals surface area contributed by atoms with Crippen LogP contribution in [0.2, 0.25) is 0 Å². The van der Waals surface area contributed by atoms with Crippen LogP contribution in [0.15, 0.2) is 24.3 Å². The Morgan fingerprint density at radius 2 is 1.90 bits per heavy atom. The molecule has 99 valence electrons. The summed E-state index contributed by atoms with van der Waals surface area (Å²) in [5.74, 6) is -0.867. The summed E-state index contributed by atoms with van der Waals surface area (Å²) in [5, 5.41) is 1.23. The van der Waals surface area contributed by atoms with Gasteiger partial charge in [-0.2, -0.15) is 0 Å². The minimum Gasteiger partial charge on any atom is -0.673 e. The van der Waals surface area contributed by atoms with Crippen molar-refractivity contribution in [3.8, 4) is 5.75 Å². The van der Waals surface area contributed by atoms with E-state index in [1.807, 2.05) is 0 Å². The molecule has 0 spiro atoms. The van der Waals surface area contributed by atoms with E-state index in [-0.39, 0.29) is 50.6 Å². The maximum atomic E-state index is 11.8. The van der Waals surface area contributed by atoms with Gasteiger partial charge in [0, 0.05) is 49.4 Å². The Hall–Kier alpha value is -0.958. The summed E-state index contributed by atoms with van der Waals surface area (Å²) in [5.41, 5.74) is 8.92. The van der Waals surface area contributed by atoms with Crippen LogP contribution in [0.25, 0.3) is 16.5 Å². The Balaban J connectivity index is 0.00000147. The number of methoxy groups -OCH3 is 1. The van der Waals surface area contributed by atoms with E-state index in [0.29, 0.717) is 33.2 Å². The van der Waals surface area contributed by atoms with Crippen LogP contribution in [0.5, 0.6) is 5.75 Å². The smallest absolute Gasteiger partial charge is 0.346 e. The van der Waals surface area contributed by atoms with E-state index in [0.717, 1.165) is 0 Å². The number of hydrogen-bond acceptors (Lipinski definition) is 4. The molecule has 3 rings (SSSR count). The summed E-state index contributed by atoms with van der Waals surface area (Å²) in [4.78, 5) is 23.5. The van der Waals surface area contributed by atoms with Crippen molar-refractivity contribution in [3.05, 3.63) is 46.7 Å². The zero-order chi connectivity index (χ0) is 13.6. The molecule has 0 atom stereocenters. The summed E-state index contributed by atoms with van der Waals surface area (Å²) in [6, 6.07) is 6.63. The minimum atomic E-state index is -0.677. The molecule has 0 fully saturated rings. The van der Waals surface area contributed by atoms with E-state index in [4.69, 9.17) is 15.2 Å². The third-order valence-electron chi connectivity index (χ3n) is 3.25. The van der Waals surface area contributed by atoms with Crippen LogP contribution >= 0.6 is 0 Å². The molecule has 2 aromatic rings. The van der Waals surface area contributed by atoms with Crippen molar-refractivity contribution >= 4 is 22.7 Å². The molecule has 5 nitrogen and oxygen atoms in total. The largest absolute Gasteiger partial charge is 0.673 e. The summed E-state index contributed by atoms with van der Waals surface area (Å²) in [6.45, 7) is 0.00659. The molecule has 0 saturated carbocycles. The van der Waals surface area contributed by atoms with Gasteiger partial charge in [0.05, 0.1) is 18.2 Å². The van der Waals surface area contributed by atoms with E-state index in [2.05, 4.69) is 0 Å². The van der Waals surface area contributed by atoms with E-state index >= 15 is 0 Å². The predicted octanol–water partition coefficient (Wildman–Crippen LogP) is 2.71. The van der Waals surface area contributed by atoms with Gasteiger partial charge in [0.2, 0.25) is 0 Å². The maximum absolute atomic E-state index is 11.8. The summed E-state index contributed by atoms with van der Waals surface area (Å²) in [7, 11) is 1.48. The molecule has 1 heterocycles. The van der Waals surface area contributed by atoms with Gasteiger partial charge in [-0.25, -0.2) is 9.59 Å². The molecule has 0 bridgehead atoms. The van der Waals surface area contributed by atoms with Crippen LogP contribution in [-0.2, 0) is 11.3 Å². The Morgan fingerprint density at radius 1 is 1.20 bits per heavy atom. The Kier molecular flexibility index (Phi) is 4.48. The Bertz CT molecular complexity index is 727. The van der Waals surface area contributed by atoms with Crippen molar-refractivity contribution in [3.63, 3.8) is 0 Å². The van der Waals surface area contributed by atoms with Crippen LogP contribution in [0.4, 0.5) is 0 Å². The zero-order valence-corrected chi connectivity index (χ0v) is 15.5. The number of nitrogens with one attached hydrogen (secondary N) is 1. The molecule has 2 aromatic carbocycles. The van der Waals surface area contributed by atoms with Gasteiger partial charge in [-0.3, -0.25) is 0 Å². The van der Waals surface area contributed by atoms with Crippen molar-refractivity contribution in [2.75, 3.05) is 7.11 Å². The number of carbonyl (C=O) groups excluding carboxylic acids is 2. The normalized spacial score (nSPS) is 12.9. The molecule has 0 aromatic heterocycles. The number of ether oxygens (including phenoxy) is 2. The van der Waals surface area contributed by atoms with Crippen LogP contribution in [0.3, 0.4) is 0 Å². The van der Waals surface area contributed by atoms with Crippen molar-refractivity contribution in [1.82, 2.24) is 0 Å². The second-order valence-electron chi connectivity index (χ2n) is 4.19. The second kappa shape index (κ2) is 5.81. The molecule has 1 N–H and O–H groups in total. The standard InChI is InChI=1S/C14H10NO4.Ac/c1-18-11-5-9-12-7(10(11)6-15)3-2-4-8(12)13(16)19-14(9)17;/h2-5,15H,6H2,1H3;/q-1;. The summed E-state index contributed by atoms with van der Waals surface area (Å²) in [6.07, 6.45) is 0. The molecule has 1 aliphatic heterocycles. The fraction of sp³-hybridized carbons (Fsp3) is 0.143. The second-order valence-corrected chi connectivity index (χ2v) is 4.19. The molecular formula is C14H10AcNO4-. The molecule has 20 heavy (non-hydrogen) atoms. The number of rotatable bonds is 2. The van der Waals surface area contributed by atoms with Gasteiger partial charge in [-0.05, 0) is 23.1 Å². The van der Waals surface area contributed by atoms with Crippen LogP contribution in [-0.4, -0.2) is 19.0 Å². The SMILES string of the molecule is COc1cc2c3c(cccc3c1C[NH-])C(=O)OC2=O.[Ac]. The topological polar surface area (TPSA) is 76.4 Å². The fourth-order valence-electron chi connectivity index (χ4n) is 2.41. The fourth-order valence-corrected chi connectivity index (χ4v) is 2.41. The van der Waals surface area contributed by atoms with Crippen molar-refractivity contribution < 1.29 is 63.1 Å². The third-order valence-corrected chi connectivity index (χ3v) is 3.25. The van der Waals surface area contributed by atoms with E-state index in [9.17, 15) is 9.59 Å². The first-order valence-electron chi connectivity index (χ1n) is 5.71. The average Bonchev–Trinajstić information content (AvgIpc) is 2.43. The third kappa shape index (κ3) is 2.16. The van der Waals surface area contributed by atoms with E-state index < -0.39 is 11.9 Å². The van der Waals surface area contributed by atoms with Gasteiger partial charge < -0.3 is 15.2 Å². The van der Waals surface area contributed by atoms with Crippen molar-refractivity contribution in [2.24, 2.45) is 0 Å². The number of carbonyl (C=O) groups is 2. The minimum absolute atomic E-state index is 0. The predicted molar refractivity (Wildman–Crippen MR) is 68.3 cm³/mol. The first-order chi connectivity index (χ1) is 9.17. The Labute approximate surface area is 151 Å². The number of cyclic esters (lactones) is 2. The van der Waals surface area contributed by atoms with Gasteiger partial charge in [-0.15, -0.1) is 6.54 Å². The van der Waals surface area contributed by atoms with Gasteiger partial charge in [-0.1, -0.05) is 12.1 Å². The summed E-state index contributed by atoms with van der Waals surface area (Å²) >= 11 is 0.